The van der Waals surface area contributed by atoms with E-state index in [-0.39, 0.29) is 34.8 Å². The summed E-state index contributed by atoms with van der Waals surface area (Å²) in [5, 5.41) is 24.1. The maximum Gasteiger partial charge on any atom is 0.335 e. The molecule has 0 bridgehead atoms. The normalized spacial score (nSPS) is 25.0. The molecule has 2 aromatic carbocycles. The van der Waals surface area contributed by atoms with Crippen LogP contribution in [-0.4, -0.2) is 43.9 Å². The van der Waals surface area contributed by atoms with Gasteiger partial charge in [-0.2, -0.15) is 0 Å². The van der Waals surface area contributed by atoms with Crippen LogP contribution in [0.25, 0.3) is 0 Å². The second-order valence-corrected chi connectivity index (χ2v) is 11.9. The van der Waals surface area contributed by atoms with E-state index in [1.807, 2.05) is 50.2 Å². The highest BCUT2D eigenvalue weighted by Crippen LogP contribution is 2.55. The van der Waals surface area contributed by atoms with Crippen molar-refractivity contribution in [2.75, 3.05) is 10.6 Å². The van der Waals surface area contributed by atoms with Gasteiger partial charge in [-0.25, -0.2) is 19.6 Å². The maximum atomic E-state index is 12.7. The molecule has 0 radical (unpaired) electrons. The summed E-state index contributed by atoms with van der Waals surface area (Å²) in [5.74, 6) is -0.810. The van der Waals surface area contributed by atoms with Gasteiger partial charge in [-0.05, 0) is 71.5 Å². The molecule has 8 rings (SSSR count). The van der Waals surface area contributed by atoms with Crippen LogP contribution in [0.2, 0.25) is 0 Å². The number of pyridine rings is 2. The number of aromatic nitrogens is 2. The third kappa shape index (κ3) is 3.66. The highest BCUT2D eigenvalue weighted by atomic mass is 16.4. The summed E-state index contributed by atoms with van der Waals surface area (Å²) in [6.07, 6.45) is 4.34. The lowest BCUT2D eigenvalue weighted by Crippen LogP contribution is -2.37. The number of hydrogen-bond acceptors (Lipinski definition) is 6. The molecule has 2 aromatic heterocycles. The lowest BCUT2D eigenvalue weighted by atomic mass is 9.73. The van der Waals surface area contributed by atoms with Gasteiger partial charge in [0.05, 0.1) is 22.0 Å². The molecule has 10 nitrogen and oxygen atoms in total. The van der Waals surface area contributed by atoms with E-state index in [1.165, 1.54) is 0 Å². The van der Waals surface area contributed by atoms with Crippen molar-refractivity contribution in [3.63, 3.8) is 0 Å². The average Bonchev–Trinajstić information content (AvgIpc) is 3.68. The van der Waals surface area contributed by atoms with Gasteiger partial charge in [0.1, 0.15) is 11.6 Å². The summed E-state index contributed by atoms with van der Waals surface area (Å²) in [6, 6.07) is 17.8. The standard InChI is InChI=1S/2C17H14N2O3/c2*1-9-12-5-4-10(15(20)21)7-11(12)8-17(9)13-3-2-6-18-14(13)19-16(17)22/h2*2-7,9H,8H2,1H3,(H,20,21)(H,18,19,22)/t9-,17+;9-,17-/m10/s1. The topological polar surface area (TPSA) is 159 Å². The molecule has 0 fully saturated rings. The molecule has 10 heteroatoms. The van der Waals surface area contributed by atoms with Gasteiger partial charge in [0.15, 0.2) is 0 Å². The van der Waals surface area contributed by atoms with Gasteiger partial charge >= 0.3 is 11.9 Å². The number of carboxylic acids is 2. The fourth-order valence-electron chi connectivity index (χ4n) is 7.69. The Hall–Kier alpha value is -5.38. The van der Waals surface area contributed by atoms with Crippen molar-refractivity contribution >= 4 is 35.4 Å². The van der Waals surface area contributed by atoms with Crippen molar-refractivity contribution in [2.45, 2.75) is 49.4 Å². The lowest BCUT2D eigenvalue weighted by Gasteiger charge is -2.26. The second kappa shape index (κ2) is 9.57. The Morgan fingerprint density at radius 2 is 1.11 bits per heavy atom. The van der Waals surface area contributed by atoms with Gasteiger partial charge in [0, 0.05) is 35.4 Å². The van der Waals surface area contributed by atoms with E-state index in [2.05, 4.69) is 20.6 Å². The number of amides is 2. The molecular weight excluding hydrogens is 560 g/mol. The minimum Gasteiger partial charge on any atom is -0.478 e. The van der Waals surface area contributed by atoms with Gasteiger partial charge in [0.25, 0.3) is 0 Å². The van der Waals surface area contributed by atoms with Gasteiger partial charge in [-0.15, -0.1) is 0 Å². The zero-order valence-electron chi connectivity index (χ0n) is 23.9. The predicted molar refractivity (Wildman–Crippen MR) is 160 cm³/mol. The molecule has 4 heterocycles. The lowest BCUT2D eigenvalue weighted by molar-refractivity contribution is -0.122. The van der Waals surface area contributed by atoms with Crippen LogP contribution in [0.15, 0.2) is 73.1 Å². The summed E-state index contributed by atoms with van der Waals surface area (Å²) in [5.41, 5.74) is 4.90. The third-order valence-electron chi connectivity index (χ3n) is 9.98. The Kier molecular flexibility index (Phi) is 5.97. The highest BCUT2D eigenvalue weighted by molar-refractivity contribution is 6.08. The molecular formula is C34H28N4O6. The van der Waals surface area contributed by atoms with Gasteiger partial charge in [-0.1, -0.05) is 38.1 Å². The van der Waals surface area contributed by atoms with Crippen LogP contribution in [0.1, 0.15) is 79.8 Å². The summed E-state index contributed by atoms with van der Waals surface area (Å²) in [4.78, 5) is 56.2. The number of hydrogen-bond donors (Lipinski definition) is 4. The van der Waals surface area contributed by atoms with Crippen molar-refractivity contribution < 1.29 is 29.4 Å². The van der Waals surface area contributed by atoms with Crippen molar-refractivity contribution in [3.05, 3.63) is 118 Å². The summed E-state index contributed by atoms with van der Waals surface area (Å²) in [6.45, 7) is 4.04. The van der Waals surface area contributed by atoms with Crippen LogP contribution in [0.3, 0.4) is 0 Å². The second-order valence-electron chi connectivity index (χ2n) is 11.9. The number of nitrogens with one attached hydrogen (secondary N) is 2. The highest BCUT2D eigenvalue weighted by Gasteiger charge is 2.56. The minimum absolute atomic E-state index is 0.0178. The molecule has 4 aromatic rings. The molecule has 4 atom stereocenters. The molecule has 0 saturated heterocycles. The Labute approximate surface area is 252 Å². The first kappa shape index (κ1) is 27.5. The zero-order valence-corrected chi connectivity index (χ0v) is 23.9. The van der Waals surface area contributed by atoms with E-state index < -0.39 is 22.8 Å². The molecule has 44 heavy (non-hydrogen) atoms. The predicted octanol–water partition coefficient (Wildman–Crippen LogP) is 4.66. The molecule has 2 spiro atoms. The maximum absolute atomic E-state index is 12.7. The molecule has 4 N–H and O–H groups in total. The van der Waals surface area contributed by atoms with E-state index in [4.69, 9.17) is 10.2 Å². The fourth-order valence-corrected chi connectivity index (χ4v) is 7.69. The molecule has 0 unspecified atom stereocenters. The Morgan fingerprint density at radius 1 is 0.705 bits per heavy atom. The van der Waals surface area contributed by atoms with Crippen LogP contribution in [-0.2, 0) is 33.3 Å². The first-order chi connectivity index (χ1) is 21.1. The first-order valence-electron chi connectivity index (χ1n) is 14.3. The van der Waals surface area contributed by atoms with Crippen LogP contribution in [0, 0.1) is 0 Å². The number of fused-ring (bicyclic) bond motifs is 6. The number of rotatable bonds is 2. The summed E-state index contributed by atoms with van der Waals surface area (Å²) >= 11 is 0. The fraction of sp³-hybridized carbons (Fsp3) is 0.235. The Balaban J connectivity index is 0.000000142. The minimum atomic E-state index is -0.950. The summed E-state index contributed by atoms with van der Waals surface area (Å²) < 4.78 is 0. The Morgan fingerprint density at radius 3 is 1.50 bits per heavy atom. The Bertz CT molecular complexity index is 1800. The monoisotopic (exact) mass is 588 g/mol. The summed E-state index contributed by atoms with van der Waals surface area (Å²) in [7, 11) is 0. The van der Waals surface area contributed by atoms with E-state index >= 15 is 0 Å². The van der Waals surface area contributed by atoms with Crippen molar-refractivity contribution in [1.82, 2.24) is 9.97 Å². The van der Waals surface area contributed by atoms with Crippen molar-refractivity contribution in [2.24, 2.45) is 0 Å². The molecule has 220 valence electrons. The third-order valence-corrected chi connectivity index (χ3v) is 9.98. The molecule has 2 aliphatic carbocycles. The van der Waals surface area contributed by atoms with Gasteiger partial charge < -0.3 is 20.8 Å². The number of benzene rings is 2. The number of anilines is 2. The molecule has 2 amide bonds. The average molecular weight is 589 g/mol. The largest absolute Gasteiger partial charge is 0.478 e. The molecule has 4 aliphatic rings. The van der Waals surface area contributed by atoms with Gasteiger partial charge in [0.2, 0.25) is 11.8 Å². The number of aromatic carboxylic acids is 2. The van der Waals surface area contributed by atoms with Crippen LogP contribution in [0.4, 0.5) is 11.6 Å². The van der Waals surface area contributed by atoms with Crippen LogP contribution < -0.4 is 10.6 Å². The van der Waals surface area contributed by atoms with Crippen molar-refractivity contribution in [1.29, 1.82) is 0 Å². The van der Waals surface area contributed by atoms with Gasteiger partial charge in [-0.3, -0.25) is 9.59 Å². The quantitative estimate of drug-likeness (QED) is 0.263. The number of carbonyl (C=O) groups is 4. The van der Waals surface area contributed by atoms with Crippen molar-refractivity contribution in [3.8, 4) is 0 Å². The molecule has 2 aliphatic heterocycles. The van der Waals surface area contributed by atoms with E-state index in [0.717, 1.165) is 33.4 Å². The first-order valence-corrected chi connectivity index (χ1v) is 14.3. The smallest absolute Gasteiger partial charge is 0.335 e. The zero-order chi connectivity index (χ0) is 31.0. The SMILES string of the molecule is C[C@@H]1c2ccc(C(=O)O)cc2C[C@]12C(=O)Nc1ncccc12.C[C@H]1c2ccc(C(=O)O)cc2C[C@]12C(=O)Nc1ncccc12. The number of carbonyl (C=O) groups excluding carboxylic acids is 2. The van der Waals surface area contributed by atoms with Crippen LogP contribution in [0.5, 0.6) is 0 Å². The van der Waals surface area contributed by atoms with E-state index in [0.29, 0.717) is 24.5 Å². The van der Waals surface area contributed by atoms with Crippen LogP contribution >= 0.6 is 0 Å². The number of nitrogens with zero attached hydrogens (tertiary/aromatic N) is 2. The number of carboxylic acid groups (broad SMARTS) is 2. The van der Waals surface area contributed by atoms with E-state index in [9.17, 15) is 19.2 Å². The molecule has 0 saturated carbocycles. The van der Waals surface area contributed by atoms with E-state index in [1.54, 1.807) is 36.7 Å².